The normalized spacial score (nSPS) is 30.5. The van der Waals surface area contributed by atoms with Crippen molar-refractivity contribution in [3.05, 3.63) is 0 Å². The zero-order valence-electron chi connectivity index (χ0n) is 10.8. The fraction of sp³-hybridized carbons (Fsp3) is 0.917. The Balaban J connectivity index is 1.87. The summed E-state index contributed by atoms with van der Waals surface area (Å²) in [6, 6.07) is 0.735. The van der Waals surface area contributed by atoms with Crippen LogP contribution in [0.4, 0.5) is 4.79 Å². The van der Waals surface area contributed by atoms with Crippen LogP contribution in [-0.4, -0.2) is 68.3 Å². The highest BCUT2D eigenvalue weighted by Crippen LogP contribution is 2.18. The van der Waals surface area contributed by atoms with Gasteiger partial charge in [-0.2, -0.15) is 0 Å². The van der Waals surface area contributed by atoms with E-state index < -0.39 is 0 Å². The first-order valence-corrected chi connectivity index (χ1v) is 6.51. The summed E-state index contributed by atoms with van der Waals surface area (Å²) < 4.78 is 5.27. The first kappa shape index (κ1) is 12.6. The molecule has 2 unspecified atom stereocenters. The molecule has 0 aliphatic carbocycles. The Hall–Kier alpha value is -0.810. The van der Waals surface area contributed by atoms with Crippen LogP contribution in [0, 0.1) is 5.92 Å². The molecule has 0 aromatic carbocycles. The van der Waals surface area contributed by atoms with E-state index >= 15 is 0 Å². The molecule has 2 aliphatic rings. The molecule has 0 aromatic rings. The second-order valence-electron chi connectivity index (χ2n) is 4.99. The van der Waals surface area contributed by atoms with Gasteiger partial charge in [0.25, 0.3) is 0 Å². The van der Waals surface area contributed by atoms with Gasteiger partial charge in [0.15, 0.2) is 0 Å². The Morgan fingerprint density at radius 3 is 2.53 bits per heavy atom. The number of carbonyl (C=O) groups excluding carboxylic acids is 1. The summed E-state index contributed by atoms with van der Waals surface area (Å²) in [4.78, 5) is 16.2. The van der Waals surface area contributed by atoms with Gasteiger partial charge in [-0.1, -0.05) is 6.92 Å². The molecule has 2 amide bonds. The minimum atomic E-state index is 0.190. The largest absolute Gasteiger partial charge is 0.378 e. The number of likely N-dealkylation sites (tertiary alicyclic amines) is 1. The highest BCUT2D eigenvalue weighted by atomic mass is 16.5. The van der Waals surface area contributed by atoms with Crippen molar-refractivity contribution >= 4 is 6.03 Å². The van der Waals surface area contributed by atoms with Gasteiger partial charge in [-0.3, -0.25) is 0 Å². The van der Waals surface area contributed by atoms with Crippen molar-refractivity contribution in [2.75, 3.05) is 46.4 Å². The maximum Gasteiger partial charge on any atom is 0.320 e. The van der Waals surface area contributed by atoms with Crippen LogP contribution in [0.3, 0.4) is 0 Å². The zero-order chi connectivity index (χ0) is 12.3. The third kappa shape index (κ3) is 2.90. The van der Waals surface area contributed by atoms with Crippen molar-refractivity contribution in [1.82, 2.24) is 15.1 Å². The lowest BCUT2D eigenvalue weighted by Crippen LogP contribution is -2.54. The summed E-state index contributed by atoms with van der Waals surface area (Å²) in [5.41, 5.74) is 0. The lowest BCUT2D eigenvalue weighted by Gasteiger charge is -2.40. The molecule has 0 radical (unpaired) electrons. The number of nitrogens with one attached hydrogen (secondary N) is 1. The topological polar surface area (TPSA) is 44.8 Å². The fourth-order valence-electron chi connectivity index (χ4n) is 2.70. The van der Waals surface area contributed by atoms with Crippen LogP contribution in [-0.2, 0) is 4.74 Å². The van der Waals surface area contributed by atoms with Crippen molar-refractivity contribution in [3.8, 4) is 0 Å². The smallest absolute Gasteiger partial charge is 0.320 e. The Bertz CT molecular complexity index is 266. The van der Waals surface area contributed by atoms with Gasteiger partial charge < -0.3 is 19.9 Å². The van der Waals surface area contributed by atoms with Crippen LogP contribution in [0.2, 0.25) is 0 Å². The highest BCUT2D eigenvalue weighted by molar-refractivity contribution is 5.74. The van der Waals surface area contributed by atoms with E-state index in [9.17, 15) is 4.79 Å². The average Bonchev–Trinajstić information content (AvgIpc) is 2.39. The van der Waals surface area contributed by atoms with Gasteiger partial charge in [-0.15, -0.1) is 0 Å². The maximum absolute atomic E-state index is 12.3. The quantitative estimate of drug-likeness (QED) is 0.721. The second kappa shape index (κ2) is 5.69. The van der Waals surface area contributed by atoms with Gasteiger partial charge in [-0.05, 0) is 19.4 Å². The summed E-state index contributed by atoms with van der Waals surface area (Å²) in [5, 5.41) is 3.32. The Kier molecular flexibility index (Phi) is 4.23. The van der Waals surface area contributed by atoms with Gasteiger partial charge >= 0.3 is 6.03 Å². The summed E-state index contributed by atoms with van der Waals surface area (Å²) >= 11 is 0. The number of morpholine rings is 1. The highest BCUT2D eigenvalue weighted by Gasteiger charge is 2.30. The number of urea groups is 1. The molecule has 17 heavy (non-hydrogen) atoms. The van der Waals surface area contributed by atoms with Crippen molar-refractivity contribution in [1.29, 1.82) is 0 Å². The number of rotatable bonds is 1. The third-order valence-corrected chi connectivity index (χ3v) is 3.83. The molecule has 5 nitrogen and oxygen atoms in total. The molecule has 5 heteroatoms. The minimum absolute atomic E-state index is 0.190. The molecule has 2 heterocycles. The molecule has 0 aromatic heterocycles. The standard InChI is InChI=1S/C12H23N3O2/c1-10-9-15(4-3-11(10)13-2)12(16)14-5-7-17-8-6-14/h10-11,13H,3-9H2,1-2H3. The molecule has 2 fully saturated rings. The number of ether oxygens (including phenoxy) is 1. The first-order valence-electron chi connectivity index (χ1n) is 6.51. The fourth-order valence-corrected chi connectivity index (χ4v) is 2.70. The van der Waals surface area contributed by atoms with Gasteiger partial charge in [0.05, 0.1) is 13.2 Å². The van der Waals surface area contributed by atoms with E-state index in [-0.39, 0.29) is 6.03 Å². The summed E-state index contributed by atoms with van der Waals surface area (Å²) in [5.74, 6) is 0.527. The van der Waals surface area contributed by atoms with Crippen LogP contribution in [0.1, 0.15) is 13.3 Å². The van der Waals surface area contributed by atoms with E-state index in [2.05, 4.69) is 12.2 Å². The number of nitrogens with zero attached hydrogens (tertiary/aromatic N) is 2. The van der Waals surface area contributed by atoms with E-state index in [4.69, 9.17) is 4.74 Å². The minimum Gasteiger partial charge on any atom is -0.378 e. The predicted octanol–water partition coefficient (Wildman–Crippen LogP) is 0.368. The predicted molar refractivity (Wildman–Crippen MR) is 66.0 cm³/mol. The summed E-state index contributed by atoms with van der Waals surface area (Å²) in [6.45, 7) is 6.76. The van der Waals surface area contributed by atoms with Gasteiger partial charge in [0.2, 0.25) is 0 Å². The summed E-state index contributed by atoms with van der Waals surface area (Å²) in [7, 11) is 2.00. The molecule has 1 N–H and O–H groups in total. The Morgan fingerprint density at radius 1 is 1.24 bits per heavy atom. The molecule has 0 saturated carbocycles. The number of carbonyl (C=O) groups is 1. The number of piperidine rings is 1. The van der Waals surface area contributed by atoms with Crippen LogP contribution in [0.25, 0.3) is 0 Å². The molecule has 0 bridgehead atoms. The van der Waals surface area contributed by atoms with E-state index in [1.54, 1.807) is 0 Å². The van der Waals surface area contributed by atoms with Gasteiger partial charge in [0.1, 0.15) is 0 Å². The van der Waals surface area contributed by atoms with E-state index in [0.29, 0.717) is 25.2 Å². The van der Waals surface area contributed by atoms with Gasteiger partial charge in [0, 0.05) is 32.2 Å². The lowest BCUT2D eigenvalue weighted by atomic mass is 9.94. The second-order valence-corrected chi connectivity index (χ2v) is 4.99. The van der Waals surface area contributed by atoms with E-state index in [1.807, 2.05) is 16.8 Å². The summed E-state index contributed by atoms with van der Waals surface area (Å²) in [6.07, 6.45) is 1.05. The molecule has 2 saturated heterocycles. The third-order valence-electron chi connectivity index (χ3n) is 3.83. The number of hydrogen-bond donors (Lipinski definition) is 1. The Morgan fingerprint density at radius 2 is 1.94 bits per heavy atom. The molecular weight excluding hydrogens is 218 g/mol. The molecule has 0 spiro atoms. The lowest BCUT2D eigenvalue weighted by molar-refractivity contribution is 0.0380. The molecular formula is C12H23N3O2. The van der Waals surface area contributed by atoms with Gasteiger partial charge in [-0.25, -0.2) is 4.79 Å². The molecule has 98 valence electrons. The number of hydrogen-bond acceptors (Lipinski definition) is 3. The number of amides is 2. The van der Waals surface area contributed by atoms with E-state index in [0.717, 1.165) is 32.6 Å². The SMILES string of the molecule is CNC1CCN(C(=O)N2CCOCC2)CC1C. The van der Waals surface area contributed by atoms with Crippen LogP contribution in [0.15, 0.2) is 0 Å². The monoisotopic (exact) mass is 241 g/mol. The Labute approximate surface area is 103 Å². The molecule has 2 atom stereocenters. The molecule has 2 rings (SSSR count). The first-order chi connectivity index (χ1) is 8.22. The van der Waals surface area contributed by atoms with Crippen molar-refractivity contribution in [2.24, 2.45) is 5.92 Å². The van der Waals surface area contributed by atoms with Crippen LogP contribution >= 0.6 is 0 Å². The van der Waals surface area contributed by atoms with Crippen molar-refractivity contribution < 1.29 is 9.53 Å². The van der Waals surface area contributed by atoms with Crippen molar-refractivity contribution in [2.45, 2.75) is 19.4 Å². The zero-order valence-corrected chi connectivity index (χ0v) is 10.8. The van der Waals surface area contributed by atoms with E-state index in [1.165, 1.54) is 0 Å². The van der Waals surface area contributed by atoms with Crippen LogP contribution in [0.5, 0.6) is 0 Å². The average molecular weight is 241 g/mol. The molecule has 2 aliphatic heterocycles. The van der Waals surface area contributed by atoms with Crippen molar-refractivity contribution in [3.63, 3.8) is 0 Å². The van der Waals surface area contributed by atoms with Crippen LogP contribution < -0.4 is 5.32 Å². The maximum atomic E-state index is 12.3.